The van der Waals surface area contributed by atoms with Crippen LogP contribution in [0.3, 0.4) is 0 Å². The highest BCUT2D eigenvalue weighted by molar-refractivity contribution is 8.00. The van der Waals surface area contributed by atoms with Gasteiger partial charge in [-0.05, 0) is 12.0 Å². The maximum absolute atomic E-state index is 11.8. The van der Waals surface area contributed by atoms with Gasteiger partial charge >= 0.3 is 11.4 Å². The van der Waals surface area contributed by atoms with Crippen LogP contribution in [0.2, 0.25) is 0 Å². The molecule has 2 aromatic rings. The van der Waals surface area contributed by atoms with E-state index in [2.05, 4.69) is 23.2 Å². The van der Waals surface area contributed by atoms with E-state index >= 15 is 0 Å². The van der Waals surface area contributed by atoms with Gasteiger partial charge in [0.1, 0.15) is 4.83 Å². The second kappa shape index (κ2) is 3.49. The lowest BCUT2D eigenvalue weighted by Crippen LogP contribution is -2.24. The summed E-state index contributed by atoms with van der Waals surface area (Å²) >= 11 is 3.37. The van der Waals surface area contributed by atoms with Gasteiger partial charge in [-0.3, -0.25) is 4.98 Å². The van der Waals surface area contributed by atoms with Gasteiger partial charge in [-0.1, -0.05) is 13.8 Å². The van der Waals surface area contributed by atoms with Crippen LogP contribution in [0.5, 0.6) is 0 Å². The third kappa shape index (κ3) is 1.75. The van der Waals surface area contributed by atoms with Crippen molar-refractivity contribution in [3.8, 4) is 0 Å². The SMILES string of the molecule is CC1(C)Cc2c(sc3[nH]c(=O)oc(=O)c23)CS1. The second-order valence-electron chi connectivity index (χ2n) is 4.74. The van der Waals surface area contributed by atoms with E-state index in [9.17, 15) is 9.59 Å². The van der Waals surface area contributed by atoms with Gasteiger partial charge in [-0.25, -0.2) is 9.59 Å². The van der Waals surface area contributed by atoms with E-state index in [4.69, 9.17) is 0 Å². The normalized spacial score (nSPS) is 18.2. The summed E-state index contributed by atoms with van der Waals surface area (Å²) < 4.78 is 4.74. The number of H-pyrrole nitrogens is 1. The fraction of sp³-hybridized carbons (Fsp3) is 0.455. The van der Waals surface area contributed by atoms with E-state index in [0.717, 1.165) is 17.7 Å². The van der Waals surface area contributed by atoms with Gasteiger partial charge in [0.05, 0.1) is 5.39 Å². The van der Waals surface area contributed by atoms with Crippen LogP contribution in [0, 0.1) is 0 Å². The molecule has 0 unspecified atom stereocenters. The van der Waals surface area contributed by atoms with Crippen LogP contribution < -0.4 is 11.4 Å². The molecule has 2 aromatic heterocycles. The molecular formula is C11H11NO3S2. The highest BCUT2D eigenvalue weighted by Gasteiger charge is 2.30. The molecule has 0 amide bonds. The van der Waals surface area contributed by atoms with E-state index in [1.54, 1.807) is 0 Å². The van der Waals surface area contributed by atoms with Gasteiger partial charge in [0.15, 0.2) is 0 Å². The number of hydrogen-bond donors (Lipinski definition) is 1. The van der Waals surface area contributed by atoms with Crippen molar-refractivity contribution in [1.82, 2.24) is 4.98 Å². The molecule has 17 heavy (non-hydrogen) atoms. The summed E-state index contributed by atoms with van der Waals surface area (Å²) in [5, 5.41) is 0.568. The summed E-state index contributed by atoms with van der Waals surface area (Å²) in [6.07, 6.45) is 0.837. The van der Waals surface area contributed by atoms with Crippen LogP contribution in [-0.4, -0.2) is 9.73 Å². The highest BCUT2D eigenvalue weighted by Crippen LogP contribution is 2.43. The molecule has 1 aliphatic heterocycles. The third-order valence-corrected chi connectivity index (χ3v) is 5.58. The number of aromatic amines is 1. The molecule has 1 N–H and O–H groups in total. The summed E-state index contributed by atoms with van der Waals surface area (Å²) in [5.41, 5.74) is 0.544. The van der Waals surface area contributed by atoms with Gasteiger partial charge in [-0.2, -0.15) is 0 Å². The molecular weight excluding hydrogens is 258 g/mol. The van der Waals surface area contributed by atoms with E-state index < -0.39 is 11.4 Å². The number of nitrogens with one attached hydrogen (secondary N) is 1. The number of aromatic nitrogens is 1. The Labute approximate surface area is 105 Å². The molecule has 0 saturated carbocycles. The predicted molar refractivity (Wildman–Crippen MR) is 70.1 cm³/mol. The van der Waals surface area contributed by atoms with Crippen LogP contribution in [0.4, 0.5) is 0 Å². The molecule has 0 spiro atoms. The van der Waals surface area contributed by atoms with Crippen LogP contribution in [0.25, 0.3) is 10.2 Å². The first-order valence-corrected chi connectivity index (χ1v) is 7.08. The molecule has 0 aliphatic carbocycles. The lowest BCUT2D eigenvalue weighted by molar-refractivity contribution is 0.460. The lowest BCUT2D eigenvalue weighted by Gasteiger charge is -2.28. The quantitative estimate of drug-likeness (QED) is 0.795. The van der Waals surface area contributed by atoms with Crippen molar-refractivity contribution in [1.29, 1.82) is 0 Å². The summed E-state index contributed by atoms with van der Waals surface area (Å²) in [4.78, 5) is 27.3. The zero-order chi connectivity index (χ0) is 12.2. The van der Waals surface area contributed by atoms with E-state index in [1.807, 2.05) is 11.8 Å². The number of thioether (sulfide) groups is 1. The molecule has 0 fully saturated rings. The van der Waals surface area contributed by atoms with Gasteiger partial charge in [0, 0.05) is 15.4 Å². The van der Waals surface area contributed by atoms with E-state index in [-0.39, 0.29) is 4.75 Å². The Hall–Kier alpha value is -1.01. The van der Waals surface area contributed by atoms with Crippen molar-refractivity contribution in [2.75, 3.05) is 0 Å². The van der Waals surface area contributed by atoms with Crippen molar-refractivity contribution < 1.29 is 4.42 Å². The van der Waals surface area contributed by atoms with E-state index in [1.165, 1.54) is 16.2 Å². The number of hydrogen-bond acceptors (Lipinski definition) is 5. The average molecular weight is 269 g/mol. The molecule has 0 bridgehead atoms. The van der Waals surface area contributed by atoms with E-state index in [0.29, 0.717) is 10.2 Å². The van der Waals surface area contributed by atoms with Crippen molar-refractivity contribution in [2.24, 2.45) is 0 Å². The molecule has 4 nitrogen and oxygen atoms in total. The minimum atomic E-state index is -0.673. The first-order valence-electron chi connectivity index (χ1n) is 5.28. The van der Waals surface area contributed by atoms with Gasteiger partial charge in [0.2, 0.25) is 0 Å². The standard InChI is InChI=1S/C11H11NO3S2/c1-11(2)3-5-6(4-16-11)17-8-7(5)9(13)15-10(14)12-8/h3-4H2,1-2H3,(H,12,14). The Morgan fingerprint density at radius 1 is 1.35 bits per heavy atom. The Morgan fingerprint density at radius 2 is 2.12 bits per heavy atom. The largest absolute Gasteiger partial charge is 0.420 e. The Bertz CT molecular complexity index is 708. The first-order chi connectivity index (χ1) is 7.96. The molecule has 0 atom stereocenters. The van der Waals surface area contributed by atoms with Crippen molar-refractivity contribution in [3.63, 3.8) is 0 Å². The fourth-order valence-corrected chi connectivity index (χ4v) is 4.45. The van der Waals surface area contributed by atoms with Crippen LogP contribution in [0.15, 0.2) is 14.0 Å². The molecule has 1 aliphatic rings. The zero-order valence-electron chi connectivity index (χ0n) is 9.46. The lowest BCUT2D eigenvalue weighted by atomic mass is 10.00. The smallest absolute Gasteiger partial charge is 0.372 e. The summed E-state index contributed by atoms with van der Waals surface area (Å²) in [7, 11) is 0. The number of rotatable bonds is 0. The fourth-order valence-electron chi connectivity index (χ4n) is 2.11. The summed E-state index contributed by atoms with van der Waals surface area (Å²) in [6.45, 7) is 4.33. The molecule has 0 saturated heterocycles. The second-order valence-corrected chi connectivity index (χ2v) is 7.52. The van der Waals surface area contributed by atoms with Gasteiger partial charge in [0.25, 0.3) is 0 Å². The van der Waals surface area contributed by atoms with Crippen molar-refractivity contribution in [2.45, 2.75) is 30.8 Å². The topological polar surface area (TPSA) is 63.1 Å². The molecule has 3 rings (SSSR count). The van der Waals surface area contributed by atoms with Crippen molar-refractivity contribution in [3.05, 3.63) is 31.4 Å². The third-order valence-electron chi connectivity index (χ3n) is 2.89. The highest BCUT2D eigenvalue weighted by atomic mass is 32.2. The Balaban J connectivity index is 2.36. The number of fused-ring (bicyclic) bond motifs is 3. The van der Waals surface area contributed by atoms with Crippen LogP contribution >= 0.6 is 23.1 Å². The van der Waals surface area contributed by atoms with Gasteiger partial charge < -0.3 is 4.42 Å². The molecule has 0 aromatic carbocycles. The summed E-state index contributed by atoms with van der Waals surface area (Å²) in [6, 6.07) is 0. The maximum Gasteiger partial charge on any atom is 0.420 e. The molecule has 3 heterocycles. The zero-order valence-corrected chi connectivity index (χ0v) is 11.1. The van der Waals surface area contributed by atoms with Crippen LogP contribution in [0.1, 0.15) is 24.3 Å². The molecule has 0 radical (unpaired) electrons. The Kier molecular flexibility index (Phi) is 2.28. The summed E-state index contributed by atoms with van der Waals surface area (Å²) in [5.74, 6) is 0.219. The molecule has 6 heteroatoms. The van der Waals surface area contributed by atoms with Crippen LogP contribution in [-0.2, 0) is 12.2 Å². The Morgan fingerprint density at radius 3 is 2.88 bits per heavy atom. The maximum atomic E-state index is 11.8. The number of thiophene rings is 1. The van der Waals surface area contributed by atoms with Gasteiger partial charge in [-0.15, -0.1) is 23.1 Å². The predicted octanol–water partition coefficient (Wildman–Crippen LogP) is 2.11. The minimum Gasteiger partial charge on any atom is -0.372 e. The monoisotopic (exact) mass is 269 g/mol. The molecule has 90 valence electrons. The first kappa shape index (κ1) is 11.1. The average Bonchev–Trinajstić information content (AvgIpc) is 2.53. The van der Waals surface area contributed by atoms with Crippen molar-refractivity contribution >= 4 is 33.3 Å². The minimum absolute atomic E-state index is 0.129.